The van der Waals surface area contributed by atoms with Gasteiger partial charge in [0, 0.05) is 50.6 Å². The average Bonchev–Trinajstić information content (AvgIpc) is 2.59. The number of hydrogen-bond acceptors (Lipinski definition) is 3. The minimum atomic E-state index is 0.0348. The van der Waals surface area contributed by atoms with Gasteiger partial charge in [0.15, 0.2) is 0 Å². The highest BCUT2D eigenvalue weighted by molar-refractivity contribution is 5.94. The predicted octanol–water partition coefficient (Wildman–Crippen LogP) is 2.19. The van der Waals surface area contributed by atoms with Crippen LogP contribution in [-0.4, -0.2) is 53.3 Å². The molecule has 1 aliphatic rings. The summed E-state index contributed by atoms with van der Waals surface area (Å²) in [5, 5.41) is 0. The maximum absolute atomic E-state index is 12.4. The molecule has 0 aromatic carbocycles. The number of likely N-dealkylation sites (tertiary alicyclic amines) is 1. The van der Waals surface area contributed by atoms with Gasteiger partial charge < -0.3 is 9.80 Å². The van der Waals surface area contributed by atoms with Crippen LogP contribution in [-0.2, 0) is 4.79 Å². The maximum atomic E-state index is 12.4. The number of piperidine rings is 1. The molecule has 1 aliphatic heterocycles. The van der Waals surface area contributed by atoms with Gasteiger partial charge in [0.05, 0.1) is 0 Å². The van der Waals surface area contributed by atoms with Crippen LogP contribution in [0.2, 0.25) is 0 Å². The summed E-state index contributed by atoms with van der Waals surface area (Å²) in [4.78, 5) is 32.3. The zero-order valence-electron chi connectivity index (χ0n) is 13.5. The quantitative estimate of drug-likeness (QED) is 0.838. The number of carbonyl (C=O) groups is 2. The van der Waals surface area contributed by atoms with Gasteiger partial charge in [0.25, 0.3) is 5.91 Å². The van der Waals surface area contributed by atoms with Gasteiger partial charge in [-0.3, -0.25) is 14.6 Å². The van der Waals surface area contributed by atoms with Crippen LogP contribution >= 0.6 is 0 Å². The number of amides is 2. The Morgan fingerprint density at radius 2 is 1.91 bits per heavy atom. The molecular formula is C17H25N3O2. The summed E-state index contributed by atoms with van der Waals surface area (Å²) in [6.45, 7) is 4.26. The number of pyridine rings is 1. The van der Waals surface area contributed by atoms with Crippen LogP contribution in [0.4, 0.5) is 0 Å². The van der Waals surface area contributed by atoms with Crippen LogP contribution in [0.1, 0.15) is 43.0 Å². The highest BCUT2D eigenvalue weighted by Crippen LogP contribution is 2.21. The lowest BCUT2D eigenvalue weighted by atomic mass is 9.95. The van der Waals surface area contributed by atoms with Crippen molar-refractivity contribution in [1.29, 1.82) is 0 Å². The first-order chi connectivity index (χ1) is 10.6. The molecule has 0 N–H and O–H groups in total. The fraction of sp³-hybridized carbons (Fsp3) is 0.588. The minimum Gasteiger partial charge on any atom is -0.346 e. The summed E-state index contributed by atoms with van der Waals surface area (Å²) >= 11 is 0. The van der Waals surface area contributed by atoms with E-state index in [0.717, 1.165) is 32.2 Å². The monoisotopic (exact) mass is 303 g/mol. The topological polar surface area (TPSA) is 53.5 Å². The fourth-order valence-corrected chi connectivity index (χ4v) is 2.82. The van der Waals surface area contributed by atoms with E-state index in [0.29, 0.717) is 18.7 Å². The van der Waals surface area contributed by atoms with Crippen LogP contribution < -0.4 is 0 Å². The molecule has 120 valence electrons. The SMILES string of the molecule is CCCCN(C)C(=O)C1CCN(C(=O)c2ccncc2)CC1. The molecule has 0 spiro atoms. The van der Waals surface area contributed by atoms with E-state index in [1.165, 1.54) is 0 Å². The van der Waals surface area contributed by atoms with Crippen molar-refractivity contribution in [3.05, 3.63) is 30.1 Å². The maximum Gasteiger partial charge on any atom is 0.253 e. The highest BCUT2D eigenvalue weighted by Gasteiger charge is 2.29. The summed E-state index contributed by atoms with van der Waals surface area (Å²) in [5.41, 5.74) is 0.667. The number of nitrogens with zero attached hydrogens (tertiary/aromatic N) is 3. The molecule has 2 amide bonds. The Bertz CT molecular complexity index is 496. The second-order valence-electron chi connectivity index (χ2n) is 5.92. The van der Waals surface area contributed by atoms with Gasteiger partial charge in [-0.1, -0.05) is 13.3 Å². The Hall–Kier alpha value is -1.91. The van der Waals surface area contributed by atoms with Crippen molar-refractivity contribution >= 4 is 11.8 Å². The lowest BCUT2D eigenvalue weighted by Gasteiger charge is -2.33. The first-order valence-corrected chi connectivity index (χ1v) is 8.07. The molecule has 0 radical (unpaired) electrons. The van der Waals surface area contributed by atoms with Crippen LogP contribution in [0.25, 0.3) is 0 Å². The van der Waals surface area contributed by atoms with E-state index in [-0.39, 0.29) is 17.7 Å². The Morgan fingerprint density at radius 3 is 2.50 bits per heavy atom. The molecule has 2 rings (SSSR count). The predicted molar refractivity (Wildman–Crippen MR) is 85.4 cm³/mol. The zero-order chi connectivity index (χ0) is 15.9. The first kappa shape index (κ1) is 16.5. The number of aromatic nitrogens is 1. The van der Waals surface area contributed by atoms with Crippen LogP contribution in [0.5, 0.6) is 0 Å². The van der Waals surface area contributed by atoms with Crippen LogP contribution in [0.3, 0.4) is 0 Å². The van der Waals surface area contributed by atoms with Crippen molar-refractivity contribution in [3.8, 4) is 0 Å². The second-order valence-corrected chi connectivity index (χ2v) is 5.92. The number of rotatable bonds is 5. The average molecular weight is 303 g/mol. The third-order valence-corrected chi connectivity index (χ3v) is 4.28. The molecule has 0 saturated carbocycles. The Kier molecular flexibility index (Phi) is 5.92. The van der Waals surface area contributed by atoms with Gasteiger partial charge in [-0.15, -0.1) is 0 Å². The van der Waals surface area contributed by atoms with Gasteiger partial charge in [-0.25, -0.2) is 0 Å². The van der Waals surface area contributed by atoms with Crippen molar-refractivity contribution < 1.29 is 9.59 Å². The Labute approximate surface area is 132 Å². The summed E-state index contributed by atoms with van der Waals surface area (Å²) in [7, 11) is 1.88. The van der Waals surface area contributed by atoms with Crippen LogP contribution in [0.15, 0.2) is 24.5 Å². The third kappa shape index (κ3) is 4.06. The molecule has 1 fully saturated rings. The molecule has 1 aromatic heterocycles. The fourth-order valence-electron chi connectivity index (χ4n) is 2.82. The smallest absolute Gasteiger partial charge is 0.253 e. The lowest BCUT2D eigenvalue weighted by Crippen LogP contribution is -2.43. The van der Waals surface area contributed by atoms with Gasteiger partial charge in [0.1, 0.15) is 0 Å². The molecule has 5 nitrogen and oxygen atoms in total. The normalized spacial score (nSPS) is 15.6. The summed E-state index contributed by atoms with van der Waals surface area (Å²) < 4.78 is 0. The van der Waals surface area contributed by atoms with Crippen molar-refractivity contribution in [2.45, 2.75) is 32.6 Å². The van der Waals surface area contributed by atoms with Crippen molar-refractivity contribution in [1.82, 2.24) is 14.8 Å². The van der Waals surface area contributed by atoms with E-state index in [2.05, 4.69) is 11.9 Å². The van der Waals surface area contributed by atoms with E-state index in [1.54, 1.807) is 24.5 Å². The molecule has 0 unspecified atom stereocenters. The van der Waals surface area contributed by atoms with Crippen molar-refractivity contribution in [2.24, 2.45) is 5.92 Å². The van der Waals surface area contributed by atoms with Crippen molar-refractivity contribution in [3.63, 3.8) is 0 Å². The molecule has 0 atom stereocenters. The van der Waals surface area contributed by atoms with Gasteiger partial charge in [-0.05, 0) is 31.4 Å². The molecule has 0 bridgehead atoms. The van der Waals surface area contributed by atoms with E-state index >= 15 is 0 Å². The highest BCUT2D eigenvalue weighted by atomic mass is 16.2. The molecule has 1 aromatic rings. The van der Waals surface area contributed by atoms with E-state index < -0.39 is 0 Å². The number of hydrogen-bond donors (Lipinski definition) is 0. The molecule has 22 heavy (non-hydrogen) atoms. The third-order valence-electron chi connectivity index (χ3n) is 4.28. The van der Waals surface area contributed by atoms with Crippen molar-refractivity contribution in [2.75, 3.05) is 26.7 Å². The first-order valence-electron chi connectivity index (χ1n) is 8.07. The molecule has 0 aliphatic carbocycles. The minimum absolute atomic E-state index is 0.0348. The lowest BCUT2D eigenvalue weighted by molar-refractivity contribution is -0.135. The summed E-state index contributed by atoms with van der Waals surface area (Å²) in [6, 6.07) is 3.47. The standard InChI is InChI=1S/C17H25N3O2/c1-3-4-11-19(2)16(21)15-7-12-20(13-8-15)17(22)14-5-9-18-10-6-14/h5-6,9-10,15H,3-4,7-8,11-13H2,1-2H3. The van der Waals surface area contributed by atoms with E-state index in [9.17, 15) is 9.59 Å². The van der Waals surface area contributed by atoms with Gasteiger partial charge in [0.2, 0.25) is 5.91 Å². The molecule has 1 saturated heterocycles. The molecule has 5 heteroatoms. The van der Waals surface area contributed by atoms with E-state index in [1.807, 2.05) is 16.8 Å². The van der Waals surface area contributed by atoms with Gasteiger partial charge in [-0.2, -0.15) is 0 Å². The van der Waals surface area contributed by atoms with Crippen LogP contribution in [0, 0.1) is 5.92 Å². The summed E-state index contributed by atoms with van der Waals surface area (Å²) in [6.07, 6.45) is 6.91. The summed E-state index contributed by atoms with van der Waals surface area (Å²) in [5.74, 6) is 0.320. The molecule has 2 heterocycles. The second kappa shape index (κ2) is 7.92. The Balaban J connectivity index is 1.85. The van der Waals surface area contributed by atoms with E-state index in [4.69, 9.17) is 0 Å². The largest absolute Gasteiger partial charge is 0.346 e. The number of unbranched alkanes of at least 4 members (excludes halogenated alkanes) is 1. The zero-order valence-corrected chi connectivity index (χ0v) is 13.5. The number of carbonyl (C=O) groups excluding carboxylic acids is 2. The van der Waals surface area contributed by atoms with Gasteiger partial charge >= 0.3 is 0 Å². The molecular weight excluding hydrogens is 278 g/mol. The Morgan fingerprint density at radius 1 is 1.27 bits per heavy atom.